The number of rotatable bonds is 8. The van der Waals surface area contributed by atoms with E-state index < -0.39 is 10.0 Å². The largest absolute Gasteiger partial charge is 0.493 e. The normalized spacial score (nSPS) is 21.0. The number of sulfonamides is 1. The van der Waals surface area contributed by atoms with Crippen molar-refractivity contribution in [3.8, 4) is 17.1 Å². The van der Waals surface area contributed by atoms with Gasteiger partial charge in [-0.1, -0.05) is 20.3 Å². The van der Waals surface area contributed by atoms with Gasteiger partial charge < -0.3 is 9.72 Å². The number of aromatic amines is 1. The molecule has 0 amide bonds. The van der Waals surface area contributed by atoms with Crippen molar-refractivity contribution in [3.05, 3.63) is 34.2 Å². The van der Waals surface area contributed by atoms with Crippen LogP contribution < -0.4 is 10.3 Å². The topological polar surface area (TPSA) is 113 Å². The van der Waals surface area contributed by atoms with Crippen LogP contribution in [0, 0.1) is 0 Å². The highest BCUT2D eigenvalue weighted by molar-refractivity contribution is 7.89. The number of nitrogens with one attached hydrogen (secondary N) is 1. The predicted octanol–water partition coefficient (Wildman–Crippen LogP) is 2.92. The van der Waals surface area contributed by atoms with Gasteiger partial charge in [-0.05, 0) is 57.4 Å². The summed E-state index contributed by atoms with van der Waals surface area (Å²) in [6.07, 6.45) is 4.54. The molecule has 2 aliphatic heterocycles. The summed E-state index contributed by atoms with van der Waals surface area (Å²) in [5.74, 6) is 0.743. The van der Waals surface area contributed by atoms with Gasteiger partial charge in [-0.15, -0.1) is 0 Å². The van der Waals surface area contributed by atoms with Crippen molar-refractivity contribution in [1.29, 1.82) is 0 Å². The molecular formula is C26H36N6O4S. The van der Waals surface area contributed by atoms with Crippen molar-refractivity contribution >= 4 is 21.1 Å². The third kappa shape index (κ3) is 4.57. The lowest BCUT2D eigenvalue weighted by Crippen LogP contribution is -2.41. The zero-order chi connectivity index (χ0) is 26.3. The summed E-state index contributed by atoms with van der Waals surface area (Å²) in [6.45, 7) is 8.37. The SMILES string of the molecule is CCCc1nn(C)c2c(=O)[nH]c(-c3cc(S(=O)(=O)N4CCC5CCC(C4)N5CC)ccc3OCC)nc12. The van der Waals surface area contributed by atoms with Crippen LogP contribution >= 0.6 is 0 Å². The van der Waals surface area contributed by atoms with E-state index in [0.29, 0.717) is 54.5 Å². The van der Waals surface area contributed by atoms with E-state index in [2.05, 4.69) is 21.9 Å². The van der Waals surface area contributed by atoms with Crippen LogP contribution in [0.3, 0.4) is 0 Å². The van der Waals surface area contributed by atoms with Gasteiger partial charge in [-0.3, -0.25) is 14.4 Å². The molecule has 2 fully saturated rings. The molecule has 0 spiro atoms. The van der Waals surface area contributed by atoms with Crippen molar-refractivity contribution in [2.45, 2.75) is 69.9 Å². The quantitative estimate of drug-likeness (QED) is 0.478. The van der Waals surface area contributed by atoms with Crippen molar-refractivity contribution < 1.29 is 13.2 Å². The molecule has 37 heavy (non-hydrogen) atoms. The summed E-state index contributed by atoms with van der Waals surface area (Å²) >= 11 is 0. The second-order valence-corrected chi connectivity index (χ2v) is 11.8. The second-order valence-electron chi connectivity index (χ2n) is 9.89. The molecule has 1 N–H and O–H groups in total. The van der Waals surface area contributed by atoms with Gasteiger partial charge in [0.15, 0.2) is 5.52 Å². The molecule has 2 aliphatic rings. The molecule has 3 aromatic rings. The highest BCUT2D eigenvalue weighted by atomic mass is 32.2. The van der Waals surface area contributed by atoms with E-state index in [1.165, 1.54) is 0 Å². The van der Waals surface area contributed by atoms with Crippen LogP contribution in [0.25, 0.3) is 22.4 Å². The number of H-pyrrole nitrogens is 1. The Morgan fingerprint density at radius 2 is 1.92 bits per heavy atom. The van der Waals surface area contributed by atoms with Gasteiger partial charge in [-0.25, -0.2) is 13.4 Å². The maximum Gasteiger partial charge on any atom is 0.277 e. The van der Waals surface area contributed by atoms with E-state index in [1.54, 1.807) is 34.2 Å². The summed E-state index contributed by atoms with van der Waals surface area (Å²) in [4.78, 5) is 23.3. The summed E-state index contributed by atoms with van der Waals surface area (Å²) in [5.41, 5.74) is 1.79. The highest BCUT2D eigenvalue weighted by Gasteiger charge is 2.40. The Hall–Kier alpha value is -2.76. The monoisotopic (exact) mass is 528 g/mol. The molecule has 11 heteroatoms. The van der Waals surface area contributed by atoms with Gasteiger partial charge in [-0.2, -0.15) is 9.40 Å². The molecule has 2 unspecified atom stereocenters. The van der Waals surface area contributed by atoms with Crippen LogP contribution in [0.5, 0.6) is 5.75 Å². The number of benzene rings is 1. The van der Waals surface area contributed by atoms with E-state index in [1.807, 2.05) is 13.8 Å². The Labute approximate surface area is 217 Å². The Morgan fingerprint density at radius 1 is 1.14 bits per heavy atom. The molecular weight excluding hydrogens is 492 g/mol. The molecule has 1 aromatic carbocycles. The van der Waals surface area contributed by atoms with E-state index in [4.69, 9.17) is 9.72 Å². The Morgan fingerprint density at radius 3 is 2.65 bits per heavy atom. The summed E-state index contributed by atoms with van der Waals surface area (Å²) in [6, 6.07) is 5.53. The smallest absolute Gasteiger partial charge is 0.277 e. The van der Waals surface area contributed by atoms with Crippen LogP contribution in [0.1, 0.15) is 52.1 Å². The number of fused-ring (bicyclic) bond motifs is 3. The minimum Gasteiger partial charge on any atom is -0.493 e. The number of aromatic nitrogens is 4. The van der Waals surface area contributed by atoms with E-state index >= 15 is 0 Å². The lowest BCUT2D eigenvalue weighted by Gasteiger charge is -2.27. The van der Waals surface area contributed by atoms with E-state index in [9.17, 15) is 13.2 Å². The summed E-state index contributed by atoms with van der Waals surface area (Å²) in [7, 11) is -2.03. The minimum atomic E-state index is -3.75. The number of likely N-dealkylation sites (N-methyl/N-ethyl adjacent to an activating group) is 1. The predicted molar refractivity (Wildman–Crippen MR) is 142 cm³/mol. The van der Waals surface area contributed by atoms with Gasteiger partial charge in [0.25, 0.3) is 5.56 Å². The molecule has 0 radical (unpaired) electrons. The summed E-state index contributed by atoms with van der Waals surface area (Å²) < 4.78 is 36.7. The van der Waals surface area contributed by atoms with Gasteiger partial charge in [0.1, 0.15) is 17.1 Å². The third-order valence-electron chi connectivity index (χ3n) is 7.66. The van der Waals surface area contributed by atoms with E-state index in [0.717, 1.165) is 37.9 Å². The highest BCUT2D eigenvalue weighted by Crippen LogP contribution is 2.35. The lowest BCUT2D eigenvalue weighted by molar-refractivity contribution is 0.209. The first-order chi connectivity index (χ1) is 17.8. The molecule has 2 aromatic heterocycles. The first-order valence-electron chi connectivity index (χ1n) is 13.3. The van der Waals surface area contributed by atoms with Crippen LogP contribution in [-0.4, -0.2) is 75.7 Å². The Kier molecular flexibility index (Phi) is 7.12. The van der Waals surface area contributed by atoms with Crippen molar-refractivity contribution in [3.63, 3.8) is 0 Å². The molecule has 4 heterocycles. The van der Waals surface area contributed by atoms with Gasteiger partial charge in [0.05, 0.1) is 22.8 Å². The average molecular weight is 529 g/mol. The molecule has 0 saturated carbocycles. The first kappa shape index (κ1) is 25.9. The molecule has 2 bridgehead atoms. The van der Waals surface area contributed by atoms with Gasteiger partial charge in [0, 0.05) is 32.2 Å². The maximum absolute atomic E-state index is 13.8. The second kappa shape index (κ2) is 10.2. The molecule has 2 saturated heterocycles. The molecule has 0 aliphatic carbocycles. The van der Waals surface area contributed by atoms with Crippen molar-refractivity contribution in [1.82, 2.24) is 29.0 Å². The van der Waals surface area contributed by atoms with Crippen LogP contribution in [0.2, 0.25) is 0 Å². The zero-order valence-corrected chi connectivity index (χ0v) is 22.8. The number of ether oxygens (including phenoxy) is 1. The minimum absolute atomic E-state index is 0.175. The fraction of sp³-hybridized carbons (Fsp3) is 0.577. The van der Waals surface area contributed by atoms with Crippen LogP contribution in [0.15, 0.2) is 27.9 Å². The fourth-order valence-corrected chi connectivity index (χ4v) is 7.46. The lowest BCUT2D eigenvalue weighted by atomic mass is 10.1. The summed E-state index contributed by atoms with van der Waals surface area (Å²) in [5, 5.41) is 4.49. The fourth-order valence-electron chi connectivity index (χ4n) is 5.94. The van der Waals surface area contributed by atoms with Gasteiger partial charge in [0.2, 0.25) is 10.0 Å². The van der Waals surface area contributed by atoms with Crippen LogP contribution in [-0.2, 0) is 23.5 Å². The maximum atomic E-state index is 13.8. The van der Waals surface area contributed by atoms with Crippen molar-refractivity contribution in [2.24, 2.45) is 7.05 Å². The molecule has 200 valence electrons. The average Bonchev–Trinajstić information content (AvgIpc) is 3.33. The molecule has 2 atom stereocenters. The van der Waals surface area contributed by atoms with Gasteiger partial charge >= 0.3 is 0 Å². The first-order valence-corrected chi connectivity index (χ1v) is 14.7. The number of nitrogens with zero attached hydrogens (tertiary/aromatic N) is 5. The third-order valence-corrected chi connectivity index (χ3v) is 9.52. The Bertz CT molecular complexity index is 1460. The molecule has 5 rings (SSSR count). The van der Waals surface area contributed by atoms with Crippen molar-refractivity contribution in [2.75, 3.05) is 26.2 Å². The molecule has 10 nitrogen and oxygen atoms in total. The Balaban J connectivity index is 1.58. The number of hydrogen-bond acceptors (Lipinski definition) is 7. The zero-order valence-electron chi connectivity index (χ0n) is 22.0. The van der Waals surface area contributed by atoms with E-state index in [-0.39, 0.29) is 22.3 Å². The standard InChI is InChI=1S/C26H36N6O4S/c1-5-8-21-23-24(30(4)29-21)26(33)28-25(27-23)20-15-19(11-12-22(20)36-7-3)37(34,35)31-14-13-17-9-10-18(16-31)32(17)6-2/h11-12,15,17-18H,5-10,13-14,16H2,1-4H3,(H,27,28,33). The number of aryl methyl sites for hydroxylation is 2. The van der Waals surface area contributed by atoms with Crippen LogP contribution in [0.4, 0.5) is 0 Å². The number of hydrogen-bond donors (Lipinski definition) is 1.